The Balaban J connectivity index is 1.27. The number of aromatic nitrogens is 4. The highest BCUT2D eigenvalue weighted by Gasteiger charge is 2.45. The van der Waals surface area contributed by atoms with Crippen molar-refractivity contribution in [3.05, 3.63) is 29.2 Å². The molecule has 4 rings (SSSR count). The van der Waals surface area contributed by atoms with Crippen molar-refractivity contribution >= 4 is 17.8 Å². The number of nitrogens with one attached hydrogen (secondary N) is 3. The SMILES string of the molecule is CCC(C)(C)NC(=O)O[C@H]1CO[C@@H](c2cc(NC(=O)C3CC3c3cnn(C)c3C)n[nH]2)C1. The second-order valence-electron chi connectivity index (χ2n) is 9.40. The van der Waals surface area contributed by atoms with Gasteiger partial charge in [0.25, 0.3) is 0 Å². The van der Waals surface area contributed by atoms with Crippen molar-refractivity contribution in [2.75, 3.05) is 11.9 Å². The lowest BCUT2D eigenvalue weighted by molar-refractivity contribution is -0.117. The number of nitrogens with zero attached hydrogens (tertiary/aromatic N) is 3. The molecule has 1 saturated carbocycles. The summed E-state index contributed by atoms with van der Waals surface area (Å²) in [7, 11) is 1.90. The van der Waals surface area contributed by atoms with Crippen LogP contribution in [0.15, 0.2) is 12.3 Å². The second-order valence-corrected chi connectivity index (χ2v) is 9.40. The van der Waals surface area contributed by atoms with E-state index in [1.165, 1.54) is 0 Å². The largest absolute Gasteiger partial charge is 0.444 e. The average molecular weight is 445 g/mol. The Morgan fingerprint density at radius 3 is 2.84 bits per heavy atom. The van der Waals surface area contributed by atoms with Gasteiger partial charge in [-0.15, -0.1) is 0 Å². The molecular formula is C22H32N6O4. The lowest BCUT2D eigenvalue weighted by Crippen LogP contribution is -2.44. The smallest absolute Gasteiger partial charge is 0.407 e. The fourth-order valence-corrected chi connectivity index (χ4v) is 3.94. The number of ether oxygens (including phenoxy) is 2. The standard InChI is InChI=1S/C22H32N6O4/c1-6-22(3,4)25-21(30)32-13-7-18(31-11-13)17-9-19(27-26-17)24-20(29)15-8-14(15)16-10-23-28(5)12(16)2/h9-10,13-15,18H,6-8,11H2,1-5H3,(H,25,30)(H2,24,26,27,29)/t13-,14?,15?,18-/m1/s1. The number of carbonyl (C=O) groups excluding carboxylic acids is 2. The molecule has 2 amide bonds. The highest BCUT2D eigenvalue weighted by atomic mass is 16.6. The predicted octanol–water partition coefficient (Wildman–Crippen LogP) is 2.94. The quantitative estimate of drug-likeness (QED) is 0.603. The highest BCUT2D eigenvalue weighted by Crippen LogP contribution is 2.48. The summed E-state index contributed by atoms with van der Waals surface area (Å²) in [5.74, 6) is 0.570. The van der Waals surface area contributed by atoms with E-state index in [0.29, 0.717) is 18.8 Å². The molecule has 10 heteroatoms. The lowest BCUT2D eigenvalue weighted by atomic mass is 10.0. The Morgan fingerprint density at radius 1 is 1.38 bits per heavy atom. The lowest BCUT2D eigenvalue weighted by Gasteiger charge is -2.24. The Kier molecular flexibility index (Phi) is 5.98. The van der Waals surface area contributed by atoms with Crippen molar-refractivity contribution in [1.29, 1.82) is 0 Å². The maximum atomic E-state index is 12.6. The summed E-state index contributed by atoms with van der Waals surface area (Å²) in [6, 6.07) is 1.78. The van der Waals surface area contributed by atoms with Crippen LogP contribution in [0.5, 0.6) is 0 Å². The van der Waals surface area contributed by atoms with Crippen LogP contribution in [-0.2, 0) is 21.3 Å². The van der Waals surface area contributed by atoms with Crippen molar-refractivity contribution in [2.24, 2.45) is 13.0 Å². The third-order valence-corrected chi connectivity index (χ3v) is 6.55. The number of anilines is 1. The van der Waals surface area contributed by atoms with E-state index in [1.54, 1.807) is 6.07 Å². The number of carbonyl (C=O) groups is 2. The van der Waals surface area contributed by atoms with Crippen molar-refractivity contribution < 1.29 is 19.1 Å². The van der Waals surface area contributed by atoms with Gasteiger partial charge in [0.1, 0.15) is 12.2 Å². The molecule has 2 fully saturated rings. The van der Waals surface area contributed by atoms with E-state index in [1.807, 2.05) is 45.6 Å². The van der Waals surface area contributed by atoms with Crippen LogP contribution in [0.2, 0.25) is 0 Å². The van der Waals surface area contributed by atoms with Gasteiger partial charge in [0.2, 0.25) is 5.91 Å². The summed E-state index contributed by atoms with van der Waals surface area (Å²) >= 11 is 0. The minimum Gasteiger partial charge on any atom is -0.444 e. The zero-order valence-corrected chi connectivity index (χ0v) is 19.3. The van der Waals surface area contributed by atoms with Gasteiger partial charge in [-0.3, -0.25) is 14.6 Å². The highest BCUT2D eigenvalue weighted by molar-refractivity contribution is 5.94. The fraction of sp³-hybridized carbons (Fsp3) is 0.636. The molecule has 32 heavy (non-hydrogen) atoms. The van der Waals surface area contributed by atoms with Gasteiger partial charge in [-0.2, -0.15) is 10.2 Å². The molecule has 2 unspecified atom stereocenters. The van der Waals surface area contributed by atoms with Crippen LogP contribution in [0, 0.1) is 12.8 Å². The summed E-state index contributed by atoms with van der Waals surface area (Å²) in [4.78, 5) is 24.7. The van der Waals surface area contributed by atoms with Crippen LogP contribution in [-0.4, -0.2) is 50.2 Å². The van der Waals surface area contributed by atoms with Crippen molar-refractivity contribution in [2.45, 2.75) is 70.6 Å². The van der Waals surface area contributed by atoms with Crippen molar-refractivity contribution in [3.8, 4) is 0 Å². The van der Waals surface area contributed by atoms with Gasteiger partial charge in [-0.25, -0.2) is 4.79 Å². The van der Waals surface area contributed by atoms with E-state index >= 15 is 0 Å². The molecule has 3 heterocycles. The molecule has 0 spiro atoms. The fourth-order valence-electron chi connectivity index (χ4n) is 3.94. The molecule has 2 aliphatic rings. The monoisotopic (exact) mass is 444 g/mol. The number of hydrogen-bond acceptors (Lipinski definition) is 6. The number of aryl methyl sites for hydroxylation is 1. The molecule has 1 saturated heterocycles. The number of alkyl carbamates (subject to hydrolysis) is 1. The molecule has 0 aromatic carbocycles. The first kappa shape index (κ1) is 22.3. The van der Waals surface area contributed by atoms with Crippen molar-refractivity contribution in [1.82, 2.24) is 25.3 Å². The van der Waals surface area contributed by atoms with Gasteiger partial charge in [0.15, 0.2) is 5.82 Å². The summed E-state index contributed by atoms with van der Waals surface area (Å²) in [6.07, 6.45) is 2.96. The molecule has 2 aromatic heterocycles. The molecule has 1 aliphatic heterocycles. The molecule has 174 valence electrons. The molecule has 10 nitrogen and oxygen atoms in total. The molecule has 0 radical (unpaired) electrons. The van der Waals surface area contributed by atoms with E-state index in [9.17, 15) is 9.59 Å². The predicted molar refractivity (Wildman–Crippen MR) is 117 cm³/mol. The summed E-state index contributed by atoms with van der Waals surface area (Å²) in [6.45, 7) is 8.24. The molecule has 3 N–H and O–H groups in total. The summed E-state index contributed by atoms with van der Waals surface area (Å²) < 4.78 is 13.1. The van der Waals surface area contributed by atoms with Crippen LogP contribution in [0.3, 0.4) is 0 Å². The second kappa shape index (κ2) is 8.57. The Hall–Kier alpha value is -2.88. The van der Waals surface area contributed by atoms with Gasteiger partial charge in [-0.05, 0) is 45.1 Å². The maximum Gasteiger partial charge on any atom is 0.407 e. The van der Waals surface area contributed by atoms with Crippen LogP contribution >= 0.6 is 0 Å². The van der Waals surface area contributed by atoms with Crippen LogP contribution in [0.25, 0.3) is 0 Å². The molecule has 4 atom stereocenters. The van der Waals surface area contributed by atoms with Gasteiger partial charge in [-0.1, -0.05) is 6.92 Å². The number of H-pyrrole nitrogens is 1. The summed E-state index contributed by atoms with van der Waals surface area (Å²) in [5, 5.41) is 17.1. The topological polar surface area (TPSA) is 123 Å². The normalized spacial score (nSPS) is 24.9. The molecule has 2 aromatic rings. The van der Waals surface area contributed by atoms with Crippen LogP contribution in [0.1, 0.15) is 69.0 Å². The minimum atomic E-state index is -0.438. The molecular weight excluding hydrogens is 412 g/mol. The zero-order chi connectivity index (χ0) is 23.0. The first-order valence-electron chi connectivity index (χ1n) is 11.1. The van der Waals surface area contributed by atoms with E-state index in [-0.39, 0.29) is 35.5 Å². The van der Waals surface area contributed by atoms with Crippen LogP contribution in [0.4, 0.5) is 10.6 Å². The van der Waals surface area contributed by atoms with Gasteiger partial charge in [0, 0.05) is 36.7 Å². The third kappa shape index (κ3) is 4.79. The maximum absolute atomic E-state index is 12.6. The number of rotatable bonds is 7. The first-order valence-corrected chi connectivity index (χ1v) is 11.1. The third-order valence-electron chi connectivity index (χ3n) is 6.55. The Bertz CT molecular complexity index is 996. The minimum absolute atomic E-state index is 0.0416. The number of amides is 2. The van der Waals surface area contributed by atoms with Crippen LogP contribution < -0.4 is 10.6 Å². The average Bonchev–Trinajstić information content (AvgIpc) is 3.01. The Labute approximate surface area is 187 Å². The van der Waals surface area contributed by atoms with Gasteiger partial charge in [0.05, 0.1) is 18.5 Å². The molecule has 1 aliphatic carbocycles. The number of hydrogen-bond donors (Lipinski definition) is 3. The molecule has 0 bridgehead atoms. The Morgan fingerprint density at radius 2 is 2.16 bits per heavy atom. The van der Waals surface area contributed by atoms with Gasteiger partial charge >= 0.3 is 6.09 Å². The van der Waals surface area contributed by atoms with E-state index in [0.717, 1.165) is 29.8 Å². The summed E-state index contributed by atoms with van der Waals surface area (Å²) in [5.41, 5.74) is 2.65. The number of aromatic amines is 1. The zero-order valence-electron chi connectivity index (χ0n) is 19.3. The van der Waals surface area contributed by atoms with Gasteiger partial charge < -0.3 is 20.1 Å². The van der Waals surface area contributed by atoms with E-state index in [4.69, 9.17) is 9.47 Å². The van der Waals surface area contributed by atoms with E-state index < -0.39 is 6.09 Å². The van der Waals surface area contributed by atoms with Crippen molar-refractivity contribution in [3.63, 3.8) is 0 Å². The first-order chi connectivity index (χ1) is 15.2. The van der Waals surface area contributed by atoms with E-state index in [2.05, 4.69) is 25.9 Å².